The quantitative estimate of drug-likeness (QED) is 0.359. The summed E-state index contributed by atoms with van der Waals surface area (Å²) in [6.07, 6.45) is 6.26. The topological polar surface area (TPSA) is 99.3 Å². The number of rotatable bonds is 5. The molecular weight excluding hydrogens is 442 g/mol. The Morgan fingerprint density at radius 3 is 2.29 bits per heavy atom. The maximum absolute atomic E-state index is 12.9. The number of ketones is 1. The molecule has 1 fully saturated rings. The van der Waals surface area contributed by atoms with Gasteiger partial charge in [0.15, 0.2) is 5.78 Å². The minimum Gasteiger partial charge on any atom is -0.368 e. The summed E-state index contributed by atoms with van der Waals surface area (Å²) in [5.74, 6) is -0.329. The summed E-state index contributed by atoms with van der Waals surface area (Å²) in [7, 11) is 0. The van der Waals surface area contributed by atoms with Crippen molar-refractivity contribution in [3.05, 3.63) is 106 Å². The molecule has 0 spiro atoms. The number of benzene rings is 2. The van der Waals surface area contributed by atoms with E-state index in [9.17, 15) is 14.4 Å². The van der Waals surface area contributed by atoms with Gasteiger partial charge < -0.3 is 14.8 Å². The van der Waals surface area contributed by atoms with E-state index in [1.807, 2.05) is 29.2 Å². The molecule has 2 aromatic carbocycles. The van der Waals surface area contributed by atoms with Gasteiger partial charge in [-0.3, -0.25) is 19.4 Å². The summed E-state index contributed by atoms with van der Waals surface area (Å²) in [5, 5.41) is 0. The van der Waals surface area contributed by atoms with E-state index in [4.69, 9.17) is 0 Å². The lowest BCUT2D eigenvalue weighted by molar-refractivity contribution is 0.0746. The Balaban J connectivity index is 1.22. The highest BCUT2D eigenvalue weighted by molar-refractivity contribution is 6.07. The summed E-state index contributed by atoms with van der Waals surface area (Å²) < 4.78 is 0. The number of anilines is 1. The summed E-state index contributed by atoms with van der Waals surface area (Å²) in [6, 6.07) is 17.7. The number of aromatic amines is 1. The van der Waals surface area contributed by atoms with Crippen LogP contribution < -0.4 is 10.5 Å². The second kappa shape index (κ2) is 9.72. The zero-order chi connectivity index (χ0) is 24.2. The highest BCUT2D eigenvalue weighted by Gasteiger charge is 2.22. The van der Waals surface area contributed by atoms with Crippen LogP contribution in [0.2, 0.25) is 0 Å². The van der Waals surface area contributed by atoms with Crippen molar-refractivity contribution in [2.45, 2.75) is 0 Å². The number of pyridine rings is 1. The minimum atomic E-state index is -0.363. The number of fused-ring (bicyclic) bond motifs is 1. The van der Waals surface area contributed by atoms with Crippen LogP contribution in [-0.2, 0) is 0 Å². The molecule has 1 amide bonds. The summed E-state index contributed by atoms with van der Waals surface area (Å²) in [4.78, 5) is 52.9. The van der Waals surface area contributed by atoms with E-state index in [-0.39, 0.29) is 22.9 Å². The summed E-state index contributed by atoms with van der Waals surface area (Å²) >= 11 is 0. The van der Waals surface area contributed by atoms with Crippen LogP contribution >= 0.6 is 0 Å². The molecule has 2 aromatic heterocycles. The molecule has 1 aliphatic heterocycles. The van der Waals surface area contributed by atoms with Gasteiger partial charge in [0, 0.05) is 55.4 Å². The molecule has 0 bridgehead atoms. The van der Waals surface area contributed by atoms with Crippen LogP contribution in [0.1, 0.15) is 26.4 Å². The summed E-state index contributed by atoms with van der Waals surface area (Å²) in [5.41, 5.74) is 3.15. The van der Waals surface area contributed by atoms with Gasteiger partial charge >= 0.3 is 0 Å². The molecule has 8 nitrogen and oxygen atoms in total. The van der Waals surface area contributed by atoms with E-state index in [0.29, 0.717) is 35.2 Å². The third-order valence-electron chi connectivity index (χ3n) is 6.03. The van der Waals surface area contributed by atoms with Crippen LogP contribution in [0.3, 0.4) is 0 Å². The fraction of sp³-hybridized carbons (Fsp3) is 0.148. The molecule has 0 unspecified atom stereocenters. The van der Waals surface area contributed by atoms with Gasteiger partial charge in [-0.25, -0.2) is 4.98 Å². The molecule has 0 atom stereocenters. The number of allylic oxidation sites excluding steroid dienone is 1. The van der Waals surface area contributed by atoms with Crippen molar-refractivity contribution in [1.29, 1.82) is 0 Å². The molecule has 174 valence electrons. The molecule has 3 heterocycles. The number of amides is 1. The molecule has 8 heteroatoms. The van der Waals surface area contributed by atoms with Gasteiger partial charge in [0.25, 0.3) is 11.5 Å². The van der Waals surface area contributed by atoms with E-state index in [1.54, 1.807) is 48.8 Å². The predicted molar refractivity (Wildman–Crippen MR) is 135 cm³/mol. The van der Waals surface area contributed by atoms with Gasteiger partial charge in [-0.1, -0.05) is 24.3 Å². The molecule has 1 aliphatic rings. The minimum absolute atomic E-state index is 0.0548. The van der Waals surface area contributed by atoms with Gasteiger partial charge in [-0.15, -0.1) is 0 Å². The zero-order valence-electron chi connectivity index (χ0n) is 18.9. The number of H-pyrrole nitrogens is 1. The molecule has 5 rings (SSSR count). The maximum Gasteiger partial charge on any atom is 0.274 e. The second-order valence-corrected chi connectivity index (χ2v) is 8.23. The van der Waals surface area contributed by atoms with Crippen molar-refractivity contribution in [2.24, 2.45) is 0 Å². The van der Waals surface area contributed by atoms with Gasteiger partial charge in [0.1, 0.15) is 5.69 Å². The van der Waals surface area contributed by atoms with Crippen molar-refractivity contribution in [1.82, 2.24) is 19.9 Å². The first-order valence-corrected chi connectivity index (χ1v) is 11.3. The third kappa shape index (κ3) is 4.86. The summed E-state index contributed by atoms with van der Waals surface area (Å²) in [6.45, 7) is 2.74. The Bertz CT molecular complexity index is 1450. The van der Waals surface area contributed by atoms with Crippen LogP contribution in [0.25, 0.3) is 17.1 Å². The normalized spacial score (nSPS) is 13.9. The lowest BCUT2D eigenvalue weighted by Crippen LogP contribution is -2.48. The molecule has 1 saturated heterocycles. The number of hydrogen-bond donors (Lipinski definition) is 1. The average molecular weight is 466 g/mol. The highest BCUT2D eigenvalue weighted by atomic mass is 16.2. The first kappa shape index (κ1) is 22.2. The van der Waals surface area contributed by atoms with Gasteiger partial charge in [-0.05, 0) is 48.6 Å². The third-order valence-corrected chi connectivity index (χ3v) is 6.03. The molecule has 35 heavy (non-hydrogen) atoms. The second-order valence-electron chi connectivity index (χ2n) is 8.23. The number of hydrogen-bond acceptors (Lipinski definition) is 6. The van der Waals surface area contributed by atoms with E-state index >= 15 is 0 Å². The van der Waals surface area contributed by atoms with E-state index in [2.05, 4.69) is 19.9 Å². The van der Waals surface area contributed by atoms with Crippen LogP contribution in [0, 0.1) is 0 Å². The first-order chi connectivity index (χ1) is 17.1. The van der Waals surface area contributed by atoms with Gasteiger partial charge in [0.05, 0.1) is 11.0 Å². The van der Waals surface area contributed by atoms with Crippen molar-refractivity contribution >= 4 is 34.5 Å². The van der Waals surface area contributed by atoms with Crippen LogP contribution in [0.4, 0.5) is 5.69 Å². The van der Waals surface area contributed by atoms with Crippen molar-refractivity contribution in [2.75, 3.05) is 31.1 Å². The number of nitrogens with zero attached hydrogens (tertiary/aromatic N) is 4. The maximum atomic E-state index is 12.9. The number of nitrogens with one attached hydrogen (secondary N) is 1. The van der Waals surface area contributed by atoms with Crippen molar-refractivity contribution in [3.63, 3.8) is 0 Å². The number of piperazine rings is 1. The molecule has 0 radical (unpaired) electrons. The van der Waals surface area contributed by atoms with E-state index < -0.39 is 0 Å². The van der Waals surface area contributed by atoms with Crippen LogP contribution in [0.5, 0.6) is 0 Å². The molecule has 4 aromatic rings. The first-order valence-electron chi connectivity index (χ1n) is 11.3. The Kier molecular flexibility index (Phi) is 6.17. The lowest BCUT2D eigenvalue weighted by atomic mass is 10.1. The SMILES string of the molecule is O=C(C=Cc1nc2ccccc2[nH]c1=O)c1ccc(C(=O)N2CCN(c3ccncc3)CC2)cc1. The van der Waals surface area contributed by atoms with Crippen molar-refractivity contribution < 1.29 is 9.59 Å². The Labute approximate surface area is 201 Å². The Hall–Kier alpha value is -4.59. The molecular formula is C27H23N5O3. The van der Waals surface area contributed by atoms with E-state index in [1.165, 1.54) is 12.2 Å². The molecule has 0 saturated carbocycles. The Morgan fingerprint density at radius 2 is 1.54 bits per heavy atom. The van der Waals surface area contributed by atoms with Gasteiger partial charge in [0.2, 0.25) is 0 Å². The average Bonchev–Trinajstić information content (AvgIpc) is 2.92. The monoisotopic (exact) mass is 465 g/mol. The van der Waals surface area contributed by atoms with Gasteiger partial charge in [-0.2, -0.15) is 0 Å². The lowest BCUT2D eigenvalue weighted by Gasteiger charge is -2.36. The van der Waals surface area contributed by atoms with Crippen LogP contribution in [0.15, 0.2) is 83.9 Å². The Morgan fingerprint density at radius 1 is 0.857 bits per heavy atom. The predicted octanol–water partition coefficient (Wildman–Crippen LogP) is 3.18. The number of carbonyl (C=O) groups is 2. The standard InChI is InChI=1S/C27H23N5O3/c33-25(10-9-24-26(34)30-23-4-2-1-3-22(23)29-24)19-5-7-20(8-6-19)27(35)32-17-15-31(16-18-32)21-11-13-28-14-12-21/h1-14H,15-18H2,(H,30,34). The highest BCUT2D eigenvalue weighted by Crippen LogP contribution is 2.17. The number of aromatic nitrogens is 3. The fourth-order valence-electron chi connectivity index (χ4n) is 4.09. The number of carbonyl (C=O) groups excluding carboxylic acids is 2. The number of para-hydroxylation sites is 2. The smallest absolute Gasteiger partial charge is 0.274 e. The van der Waals surface area contributed by atoms with Crippen LogP contribution in [-0.4, -0.2) is 57.7 Å². The largest absolute Gasteiger partial charge is 0.368 e. The van der Waals surface area contributed by atoms with Crippen molar-refractivity contribution in [3.8, 4) is 0 Å². The fourth-order valence-corrected chi connectivity index (χ4v) is 4.09. The van der Waals surface area contributed by atoms with E-state index in [0.717, 1.165) is 18.8 Å². The molecule has 0 aliphatic carbocycles. The molecule has 1 N–H and O–H groups in total. The zero-order valence-corrected chi connectivity index (χ0v) is 18.9.